The van der Waals surface area contributed by atoms with Crippen LogP contribution >= 0.6 is 23.2 Å². The fourth-order valence-corrected chi connectivity index (χ4v) is 3.62. The van der Waals surface area contributed by atoms with Crippen molar-refractivity contribution in [1.29, 1.82) is 0 Å². The summed E-state index contributed by atoms with van der Waals surface area (Å²) < 4.78 is 28.4. The predicted molar refractivity (Wildman–Crippen MR) is 89.5 cm³/mol. The molecule has 0 atom stereocenters. The molecule has 6 nitrogen and oxygen atoms in total. The third kappa shape index (κ3) is 5.00. The van der Waals surface area contributed by atoms with E-state index in [0.29, 0.717) is 28.6 Å². The molecule has 0 bridgehead atoms. The van der Waals surface area contributed by atoms with Gasteiger partial charge in [-0.15, -0.1) is 4.47 Å². The van der Waals surface area contributed by atoms with Crippen molar-refractivity contribution in [3.05, 3.63) is 46.5 Å². The average Bonchev–Trinajstić information content (AvgIpc) is 2.88. The minimum atomic E-state index is -3.87. The van der Waals surface area contributed by atoms with Crippen LogP contribution in [-0.4, -0.2) is 23.9 Å². The van der Waals surface area contributed by atoms with Crippen LogP contribution in [0, 0.1) is 6.92 Å². The molecule has 1 N–H and O–H groups in total. The number of nitrogens with zero attached hydrogens (tertiary/aromatic N) is 3. The maximum Gasteiger partial charge on any atom is 0.257 e. The van der Waals surface area contributed by atoms with E-state index in [-0.39, 0.29) is 28.3 Å². The standard InChI is InChI=1S/C14H18Cl2N3O3S.ClH/c1-11-13(15)8-12(9-14(11)16)19(20)23(21,22)7-3-4-18-6-5-17(2)10-18;/h5-6,8-10,20H,3-4,7H2,1-2H3;1H/q+1;/p-1. The van der Waals surface area contributed by atoms with Crippen molar-refractivity contribution >= 4 is 38.9 Å². The van der Waals surface area contributed by atoms with Gasteiger partial charge in [-0.3, -0.25) is 5.21 Å². The molecule has 0 aliphatic heterocycles. The Morgan fingerprint density at radius 2 is 1.88 bits per heavy atom. The molecule has 0 fully saturated rings. The van der Waals surface area contributed by atoms with Gasteiger partial charge in [0, 0.05) is 16.5 Å². The summed E-state index contributed by atoms with van der Waals surface area (Å²) in [7, 11) is -1.99. The normalized spacial score (nSPS) is 11.2. The van der Waals surface area contributed by atoms with E-state index in [1.165, 1.54) is 12.1 Å². The van der Waals surface area contributed by atoms with Crippen LogP contribution < -0.4 is 21.4 Å². The Morgan fingerprint density at radius 3 is 2.38 bits per heavy atom. The Kier molecular flexibility index (Phi) is 7.37. The topological polar surface area (TPSA) is 66.4 Å². The molecule has 134 valence electrons. The second-order valence-electron chi connectivity index (χ2n) is 5.26. The van der Waals surface area contributed by atoms with E-state index in [0.717, 1.165) is 0 Å². The lowest BCUT2D eigenvalue weighted by molar-refractivity contribution is -0.671. The first-order chi connectivity index (χ1) is 10.7. The summed E-state index contributed by atoms with van der Waals surface area (Å²) in [5.74, 6) is -0.200. The number of aryl methyl sites for hydroxylation is 2. The first-order valence-corrected chi connectivity index (χ1v) is 9.26. The monoisotopic (exact) mass is 413 g/mol. The lowest BCUT2D eigenvalue weighted by atomic mass is 10.2. The molecule has 0 aliphatic rings. The Balaban J connectivity index is 0.00000288. The van der Waals surface area contributed by atoms with Crippen LogP contribution in [0.4, 0.5) is 5.69 Å². The molecule has 0 unspecified atom stereocenters. The molecule has 24 heavy (non-hydrogen) atoms. The molecule has 2 aromatic rings. The summed E-state index contributed by atoms with van der Waals surface area (Å²) in [4.78, 5) is 0. The van der Waals surface area contributed by atoms with Crippen molar-refractivity contribution in [2.75, 3.05) is 10.2 Å². The number of benzene rings is 1. The SMILES string of the molecule is Cc1c(Cl)cc(N(O)S(=O)(=O)CCCn2cc[n+](C)c2)cc1Cl.[Cl-]. The maximum atomic E-state index is 12.2. The van der Waals surface area contributed by atoms with Gasteiger partial charge < -0.3 is 12.4 Å². The van der Waals surface area contributed by atoms with Gasteiger partial charge in [0.05, 0.1) is 25.0 Å². The quantitative estimate of drug-likeness (QED) is 0.514. The Hall–Kier alpha value is -0.990. The summed E-state index contributed by atoms with van der Waals surface area (Å²) in [6.45, 7) is 2.24. The number of rotatable bonds is 6. The number of aromatic nitrogens is 2. The number of hydrogen-bond acceptors (Lipinski definition) is 3. The number of hydrogen-bond donors (Lipinski definition) is 1. The molecular weight excluding hydrogens is 397 g/mol. The van der Waals surface area contributed by atoms with Crippen LogP contribution in [0.3, 0.4) is 0 Å². The Morgan fingerprint density at radius 1 is 1.29 bits per heavy atom. The average molecular weight is 415 g/mol. The highest BCUT2D eigenvalue weighted by molar-refractivity contribution is 7.92. The molecule has 2 rings (SSSR count). The van der Waals surface area contributed by atoms with Crippen LogP contribution in [0.5, 0.6) is 0 Å². The molecule has 1 aromatic carbocycles. The van der Waals surface area contributed by atoms with E-state index in [2.05, 4.69) is 0 Å². The lowest BCUT2D eigenvalue weighted by Crippen LogP contribution is -3.00. The van der Waals surface area contributed by atoms with Crippen LogP contribution in [0.1, 0.15) is 12.0 Å². The summed E-state index contributed by atoms with van der Waals surface area (Å²) in [6, 6.07) is 2.73. The molecule has 0 amide bonds. The van der Waals surface area contributed by atoms with Gasteiger partial charge >= 0.3 is 0 Å². The van der Waals surface area contributed by atoms with Crippen molar-refractivity contribution in [3.8, 4) is 0 Å². The fraction of sp³-hybridized carbons (Fsp3) is 0.357. The van der Waals surface area contributed by atoms with E-state index in [1.807, 2.05) is 34.9 Å². The smallest absolute Gasteiger partial charge is 0.257 e. The van der Waals surface area contributed by atoms with Crippen LogP contribution in [0.25, 0.3) is 0 Å². The minimum Gasteiger partial charge on any atom is -1.00 e. The molecule has 10 heteroatoms. The Labute approximate surface area is 157 Å². The van der Waals surface area contributed by atoms with Gasteiger partial charge in [-0.1, -0.05) is 23.2 Å². The van der Waals surface area contributed by atoms with Crippen LogP contribution in [-0.2, 0) is 23.6 Å². The van der Waals surface area contributed by atoms with E-state index >= 15 is 0 Å². The zero-order valence-corrected chi connectivity index (χ0v) is 16.2. The minimum absolute atomic E-state index is 0. The van der Waals surface area contributed by atoms with Crippen LogP contribution in [0.15, 0.2) is 30.9 Å². The molecule has 0 aliphatic carbocycles. The number of imidazole rings is 1. The van der Waals surface area contributed by atoms with Crippen molar-refractivity contribution in [1.82, 2.24) is 4.57 Å². The summed E-state index contributed by atoms with van der Waals surface area (Å²) >= 11 is 12.0. The Bertz CT molecular complexity index is 786. The number of halogens is 3. The molecule has 1 heterocycles. The summed E-state index contributed by atoms with van der Waals surface area (Å²) in [6.07, 6.45) is 5.93. The van der Waals surface area contributed by atoms with Gasteiger partial charge in [0.25, 0.3) is 10.0 Å². The first kappa shape index (κ1) is 21.1. The highest BCUT2D eigenvalue weighted by Crippen LogP contribution is 2.30. The third-order valence-electron chi connectivity index (χ3n) is 3.39. The molecular formula is C14H18Cl3N3O3S. The van der Waals surface area contributed by atoms with E-state index in [1.54, 1.807) is 6.92 Å². The van der Waals surface area contributed by atoms with Crippen LogP contribution in [0.2, 0.25) is 10.0 Å². The highest BCUT2D eigenvalue weighted by Gasteiger charge is 2.22. The third-order valence-corrected chi connectivity index (χ3v) is 5.72. The van der Waals surface area contributed by atoms with E-state index in [4.69, 9.17) is 23.2 Å². The number of anilines is 1. The molecule has 0 saturated heterocycles. The zero-order chi connectivity index (χ0) is 17.2. The highest BCUT2D eigenvalue weighted by atomic mass is 35.5. The number of sulfonamides is 1. The lowest BCUT2D eigenvalue weighted by Gasteiger charge is -2.18. The summed E-state index contributed by atoms with van der Waals surface area (Å²) in [5.41, 5.74) is 0.654. The molecule has 0 radical (unpaired) electrons. The van der Waals surface area contributed by atoms with Crippen molar-refractivity contribution < 1.29 is 30.6 Å². The fourth-order valence-electron chi connectivity index (χ4n) is 2.05. The second kappa shape index (κ2) is 8.40. The predicted octanol–water partition coefficient (Wildman–Crippen LogP) is -0.452. The largest absolute Gasteiger partial charge is 1.00 e. The molecule has 0 spiro atoms. The van der Waals surface area contributed by atoms with E-state index < -0.39 is 10.0 Å². The van der Waals surface area contributed by atoms with Crippen molar-refractivity contribution in [3.63, 3.8) is 0 Å². The van der Waals surface area contributed by atoms with Gasteiger partial charge in [0.15, 0.2) is 0 Å². The van der Waals surface area contributed by atoms with Crippen molar-refractivity contribution in [2.24, 2.45) is 7.05 Å². The first-order valence-electron chi connectivity index (χ1n) is 6.89. The van der Waals surface area contributed by atoms with E-state index in [9.17, 15) is 13.6 Å². The maximum absolute atomic E-state index is 12.2. The van der Waals surface area contributed by atoms with Gasteiger partial charge in [-0.05, 0) is 24.6 Å². The summed E-state index contributed by atoms with van der Waals surface area (Å²) in [5, 5.41) is 10.6. The second-order valence-corrected chi connectivity index (χ2v) is 8.00. The van der Waals surface area contributed by atoms with Gasteiger partial charge in [0.2, 0.25) is 6.33 Å². The van der Waals surface area contributed by atoms with Crippen molar-refractivity contribution in [2.45, 2.75) is 19.9 Å². The van der Waals surface area contributed by atoms with Gasteiger partial charge in [-0.25, -0.2) is 17.6 Å². The van der Waals surface area contributed by atoms with Gasteiger partial charge in [-0.2, -0.15) is 0 Å². The zero-order valence-electron chi connectivity index (χ0n) is 13.2. The van der Waals surface area contributed by atoms with Gasteiger partial charge in [0.1, 0.15) is 12.4 Å². The molecule has 1 aromatic heterocycles. The molecule has 0 saturated carbocycles.